The molecular weight excluding hydrogens is 630 g/mol. The van der Waals surface area contributed by atoms with Gasteiger partial charge in [0.25, 0.3) is 10.0 Å². The van der Waals surface area contributed by atoms with Gasteiger partial charge in [-0.25, -0.2) is 28.2 Å². The van der Waals surface area contributed by atoms with Gasteiger partial charge in [0.2, 0.25) is 11.8 Å². The third-order valence-electron chi connectivity index (χ3n) is 7.48. The average molecular weight is 668 g/mol. The van der Waals surface area contributed by atoms with E-state index < -0.39 is 15.6 Å². The Morgan fingerprint density at radius 2 is 1.74 bits per heavy atom. The molecular formula is C32H38ClN7O5S. The van der Waals surface area contributed by atoms with Crippen LogP contribution in [-0.4, -0.2) is 59.2 Å². The van der Waals surface area contributed by atoms with Crippen molar-refractivity contribution < 1.29 is 22.7 Å². The van der Waals surface area contributed by atoms with Crippen LogP contribution in [0.5, 0.6) is 5.88 Å². The van der Waals surface area contributed by atoms with Gasteiger partial charge in [-0.1, -0.05) is 30.7 Å². The third-order valence-corrected chi connectivity index (χ3v) is 9.34. The minimum Gasteiger partial charge on any atom is -0.480 e. The van der Waals surface area contributed by atoms with E-state index >= 15 is 0 Å². The second-order valence-corrected chi connectivity index (χ2v) is 14.1. The molecule has 0 radical (unpaired) electrons. The predicted octanol–water partition coefficient (Wildman–Crippen LogP) is 6.36. The second kappa shape index (κ2) is 13.6. The summed E-state index contributed by atoms with van der Waals surface area (Å²) in [5.41, 5.74) is 2.95. The van der Waals surface area contributed by atoms with E-state index in [0.29, 0.717) is 29.1 Å². The van der Waals surface area contributed by atoms with Crippen LogP contribution < -0.4 is 20.1 Å². The molecule has 3 N–H and O–H groups in total. The standard InChI is InChI=1S/C32H38ClN7O5S/c1-6-19-17-24(22-15-16-27(38-29(22)44-5)40-46(42,43)26-10-8-7-9-23(26)33)37-25-18-34-30(39-28(19)25)35-20-11-13-21(14-12-20)36-31(41)45-32(2,3)4/h7-10,15-18,20-21H,6,11-14H2,1-5H3,(H,36,41)(H,38,40)(H,34,35,39). The first kappa shape index (κ1) is 33.1. The highest BCUT2D eigenvalue weighted by atomic mass is 35.5. The fourth-order valence-electron chi connectivity index (χ4n) is 5.31. The monoisotopic (exact) mass is 667 g/mol. The number of carbonyl (C=O) groups is 1. The van der Waals surface area contributed by atoms with Gasteiger partial charge in [-0.15, -0.1) is 0 Å². The number of halogens is 1. The molecule has 3 heterocycles. The van der Waals surface area contributed by atoms with Crippen molar-refractivity contribution in [1.29, 1.82) is 0 Å². The summed E-state index contributed by atoms with van der Waals surface area (Å²) in [6, 6.07) is 11.6. The van der Waals surface area contributed by atoms with Crippen LogP contribution in [-0.2, 0) is 21.2 Å². The molecule has 1 amide bonds. The molecule has 1 aromatic carbocycles. The lowest BCUT2D eigenvalue weighted by atomic mass is 9.91. The highest BCUT2D eigenvalue weighted by molar-refractivity contribution is 7.92. The third kappa shape index (κ3) is 7.94. The Bertz CT molecular complexity index is 1840. The van der Waals surface area contributed by atoms with Crippen LogP contribution in [0.4, 0.5) is 16.6 Å². The summed E-state index contributed by atoms with van der Waals surface area (Å²) in [5, 5.41) is 6.53. The molecule has 0 atom stereocenters. The van der Waals surface area contributed by atoms with Crippen molar-refractivity contribution >= 4 is 50.5 Å². The summed E-state index contributed by atoms with van der Waals surface area (Å²) in [4.78, 5) is 30.6. The summed E-state index contributed by atoms with van der Waals surface area (Å²) in [7, 11) is -2.51. The molecule has 1 fully saturated rings. The molecule has 5 rings (SSSR count). The Labute approximate surface area is 273 Å². The molecule has 12 nitrogen and oxygen atoms in total. The van der Waals surface area contributed by atoms with Crippen LogP contribution in [0.1, 0.15) is 58.9 Å². The number of aryl methyl sites for hydroxylation is 1. The number of fused-ring (bicyclic) bond motifs is 1. The van der Waals surface area contributed by atoms with Gasteiger partial charge >= 0.3 is 6.09 Å². The van der Waals surface area contributed by atoms with Gasteiger partial charge in [0.1, 0.15) is 21.8 Å². The Hall–Kier alpha value is -4.23. The van der Waals surface area contributed by atoms with Crippen LogP contribution in [0, 0.1) is 0 Å². The number of amides is 1. The number of ether oxygens (including phenoxy) is 2. The Morgan fingerprint density at radius 3 is 2.41 bits per heavy atom. The summed E-state index contributed by atoms with van der Waals surface area (Å²) >= 11 is 6.11. The number of anilines is 2. The Balaban J connectivity index is 1.31. The number of rotatable bonds is 9. The van der Waals surface area contributed by atoms with E-state index in [1.54, 1.807) is 30.5 Å². The lowest BCUT2D eigenvalue weighted by Crippen LogP contribution is -2.42. The molecule has 1 aliphatic carbocycles. The number of methoxy groups -OCH3 is 1. The second-order valence-electron chi connectivity index (χ2n) is 12.1. The van der Waals surface area contributed by atoms with Crippen molar-refractivity contribution in [2.45, 2.75) is 82.4 Å². The maximum atomic E-state index is 12.9. The highest BCUT2D eigenvalue weighted by Crippen LogP contribution is 2.33. The number of nitrogens with one attached hydrogen (secondary N) is 3. The molecule has 3 aromatic heterocycles. The zero-order valence-electron chi connectivity index (χ0n) is 26.4. The highest BCUT2D eigenvalue weighted by Gasteiger charge is 2.26. The fraction of sp³-hybridized carbons (Fsp3) is 0.406. The van der Waals surface area contributed by atoms with Gasteiger partial charge in [0, 0.05) is 12.1 Å². The molecule has 4 aromatic rings. The minimum absolute atomic E-state index is 0.0537. The van der Waals surface area contributed by atoms with Gasteiger partial charge in [-0.2, -0.15) is 4.98 Å². The van der Waals surface area contributed by atoms with Crippen molar-refractivity contribution in [3.8, 4) is 17.1 Å². The van der Waals surface area contributed by atoms with E-state index in [0.717, 1.165) is 36.8 Å². The van der Waals surface area contributed by atoms with Gasteiger partial charge < -0.3 is 20.1 Å². The van der Waals surface area contributed by atoms with Crippen LogP contribution in [0.25, 0.3) is 22.3 Å². The summed E-state index contributed by atoms with van der Waals surface area (Å²) in [6.07, 6.45) is 5.36. The van der Waals surface area contributed by atoms with Crippen LogP contribution >= 0.6 is 11.6 Å². The topological polar surface area (TPSA) is 157 Å². The number of sulfonamides is 1. The first-order valence-corrected chi connectivity index (χ1v) is 17.0. The molecule has 0 bridgehead atoms. The lowest BCUT2D eigenvalue weighted by Gasteiger charge is -2.30. The molecule has 244 valence electrons. The van der Waals surface area contributed by atoms with E-state index in [9.17, 15) is 13.2 Å². The first-order valence-electron chi connectivity index (χ1n) is 15.1. The molecule has 0 spiro atoms. The molecule has 0 aliphatic heterocycles. The number of benzene rings is 1. The van der Waals surface area contributed by atoms with Crippen molar-refractivity contribution in [1.82, 2.24) is 25.3 Å². The lowest BCUT2D eigenvalue weighted by molar-refractivity contribution is 0.0492. The molecule has 14 heteroatoms. The summed E-state index contributed by atoms with van der Waals surface area (Å²) in [5.74, 6) is 0.796. The molecule has 46 heavy (non-hydrogen) atoms. The first-order chi connectivity index (χ1) is 21.8. The Kier molecular flexibility index (Phi) is 9.82. The van der Waals surface area contributed by atoms with Gasteiger partial charge in [-0.05, 0) is 88.8 Å². The predicted molar refractivity (Wildman–Crippen MR) is 178 cm³/mol. The number of nitrogens with zero attached hydrogens (tertiary/aromatic N) is 4. The fourth-order valence-corrected chi connectivity index (χ4v) is 6.83. The van der Waals surface area contributed by atoms with Gasteiger partial charge in [0.15, 0.2) is 0 Å². The van der Waals surface area contributed by atoms with Crippen molar-refractivity contribution in [2.24, 2.45) is 0 Å². The SMILES string of the molecule is CCc1cc(-c2ccc(NS(=O)(=O)c3ccccc3Cl)nc2OC)nc2cnc(NC3CCC(NC(=O)OC(C)(C)C)CC3)nc12. The zero-order valence-corrected chi connectivity index (χ0v) is 28.0. The maximum Gasteiger partial charge on any atom is 0.407 e. The van der Waals surface area contributed by atoms with Gasteiger partial charge in [0.05, 0.1) is 35.1 Å². The zero-order chi connectivity index (χ0) is 33.1. The van der Waals surface area contributed by atoms with Gasteiger partial charge in [-0.3, -0.25) is 4.72 Å². The van der Waals surface area contributed by atoms with E-state index in [4.69, 9.17) is 31.0 Å². The van der Waals surface area contributed by atoms with E-state index in [2.05, 4.69) is 25.3 Å². The van der Waals surface area contributed by atoms with Crippen molar-refractivity contribution in [3.05, 3.63) is 59.2 Å². The number of hydrogen-bond donors (Lipinski definition) is 3. The van der Waals surface area contributed by atoms with Crippen molar-refractivity contribution in [2.75, 3.05) is 17.1 Å². The molecule has 0 unspecified atom stereocenters. The number of pyridine rings is 2. The summed E-state index contributed by atoms with van der Waals surface area (Å²) in [6.45, 7) is 7.58. The van der Waals surface area contributed by atoms with Crippen LogP contribution in [0.15, 0.2) is 53.6 Å². The number of alkyl carbamates (subject to hydrolysis) is 1. The number of carbonyl (C=O) groups excluding carboxylic acids is 1. The quantitative estimate of drug-likeness (QED) is 0.183. The maximum absolute atomic E-state index is 12.9. The molecule has 1 saturated carbocycles. The van der Waals surface area contributed by atoms with Crippen LogP contribution in [0.3, 0.4) is 0 Å². The van der Waals surface area contributed by atoms with Crippen molar-refractivity contribution in [3.63, 3.8) is 0 Å². The minimum atomic E-state index is -3.97. The number of aromatic nitrogens is 4. The average Bonchev–Trinajstić information content (AvgIpc) is 3.00. The van der Waals surface area contributed by atoms with E-state index in [1.807, 2.05) is 33.8 Å². The Morgan fingerprint density at radius 1 is 1.02 bits per heavy atom. The van der Waals surface area contributed by atoms with E-state index in [-0.39, 0.29) is 39.8 Å². The summed E-state index contributed by atoms with van der Waals surface area (Å²) < 4.78 is 39.2. The van der Waals surface area contributed by atoms with E-state index in [1.165, 1.54) is 19.2 Å². The largest absolute Gasteiger partial charge is 0.480 e. The number of hydrogen-bond acceptors (Lipinski definition) is 10. The molecule has 0 saturated heterocycles. The van der Waals surface area contributed by atoms with Crippen LogP contribution in [0.2, 0.25) is 5.02 Å². The normalized spacial score (nSPS) is 16.9. The smallest absolute Gasteiger partial charge is 0.407 e. The molecule has 1 aliphatic rings.